The highest BCUT2D eigenvalue weighted by Gasteiger charge is 2.47. The van der Waals surface area contributed by atoms with Crippen LogP contribution in [0.25, 0.3) is 0 Å². The molecule has 0 aliphatic heterocycles. The molecule has 0 aromatic heterocycles. The van der Waals surface area contributed by atoms with Gasteiger partial charge in [0.15, 0.2) is 0 Å². The molecule has 4 aromatic carbocycles. The molecular weight excluding hydrogens is 790 g/mol. The standard InChI is InChI=1S/C43H54Cl3N4O5P/c44-43(45,46)56(51,54-35-19-9-5-1-3-7-17-33-52-41-29-25-39(26-30-41)49-47-37-21-13-11-14-22-37)55-36-20-10-6-2-4-8-18-34-53-42-31-27-40(28-32-42)50-48-38-23-15-12-16-24-38/h11-16,21-32H,1-10,17-20,33-36H2. The van der Waals surface area contributed by atoms with Crippen LogP contribution in [0.5, 0.6) is 11.5 Å². The molecule has 0 saturated carbocycles. The topological polar surface area (TPSA) is 103 Å². The summed E-state index contributed by atoms with van der Waals surface area (Å²) in [7, 11) is -3.89. The molecule has 0 N–H and O–H groups in total. The number of hydrogen-bond acceptors (Lipinski definition) is 9. The van der Waals surface area contributed by atoms with Gasteiger partial charge in [0.25, 0.3) is 3.53 Å². The smallest absolute Gasteiger partial charge is 0.381 e. The van der Waals surface area contributed by atoms with E-state index in [1.54, 1.807) is 0 Å². The molecule has 0 amide bonds. The van der Waals surface area contributed by atoms with Gasteiger partial charge in [0.2, 0.25) is 0 Å². The molecule has 56 heavy (non-hydrogen) atoms. The number of rotatable bonds is 28. The van der Waals surface area contributed by atoms with Crippen molar-refractivity contribution in [3.05, 3.63) is 109 Å². The predicted molar refractivity (Wildman–Crippen MR) is 230 cm³/mol. The van der Waals surface area contributed by atoms with E-state index in [1.807, 2.05) is 109 Å². The fraction of sp³-hybridized carbons (Fsp3) is 0.442. The van der Waals surface area contributed by atoms with Crippen LogP contribution in [0, 0.1) is 0 Å². The van der Waals surface area contributed by atoms with Crippen molar-refractivity contribution in [3.8, 4) is 11.5 Å². The number of alkyl halides is 3. The zero-order valence-corrected chi connectivity index (χ0v) is 35.2. The lowest BCUT2D eigenvalue weighted by molar-refractivity contribution is 0.197. The molecule has 4 rings (SSSR count). The van der Waals surface area contributed by atoms with Crippen LogP contribution in [0.2, 0.25) is 0 Å². The molecule has 0 atom stereocenters. The summed E-state index contributed by atoms with van der Waals surface area (Å²) >= 11 is 18.1. The average Bonchev–Trinajstić information content (AvgIpc) is 3.21. The third-order valence-electron chi connectivity index (χ3n) is 8.70. The normalized spacial score (nSPS) is 13.0. The Bertz CT molecular complexity index is 1610. The molecule has 0 aliphatic rings. The van der Waals surface area contributed by atoms with E-state index < -0.39 is 11.1 Å². The monoisotopic (exact) mass is 842 g/mol. The fourth-order valence-electron chi connectivity index (χ4n) is 5.55. The molecule has 0 aliphatic carbocycles. The first-order valence-corrected chi connectivity index (χ1v) is 22.3. The van der Waals surface area contributed by atoms with Crippen LogP contribution in [0.15, 0.2) is 130 Å². The zero-order chi connectivity index (χ0) is 39.6. The van der Waals surface area contributed by atoms with Crippen molar-refractivity contribution in [1.29, 1.82) is 0 Å². The van der Waals surface area contributed by atoms with Gasteiger partial charge in [0.1, 0.15) is 11.5 Å². The highest BCUT2D eigenvalue weighted by molar-refractivity contribution is 7.62. The maximum absolute atomic E-state index is 13.2. The Kier molecular flexibility index (Phi) is 21.6. The van der Waals surface area contributed by atoms with Crippen LogP contribution in [0.1, 0.15) is 89.9 Å². The minimum absolute atomic E-state index is 0.223. The van der Waals surface area contributed by atoms with Crippen LogP contribution < -0.4 is 9.47 Å². The summed E-state index contributed by atoms with van der Waals surface area (Å²) in [5.74, 6) is 1.65. The highest BCUT2D eigenvalue weighted by Crippen LogP contribution is 2.66. The van der Waals surface area contributed by atoms with Crippen molar-refractivity contribution in [2.75, 3.05) is 26.4 Å². The van der Waals surface area contributed by atoms with E-state index in [-0.39, 0.29) is 13.2 Å². The third kappa shape index (κ3) is 18.8. The molecule has 0 radical (unpaired) electrons. The molecule has 0 fully saturated rings. The molecular formula is C43H54Cl3N4O5P. The number of unbranched alkanes of at least 4 members (excludes halogenated alkanes) is 12. The van der Waals surface area contributed by atoms with Gasteiger partial charge in [-0.05, 0) is 98.5 Å². The second kappa shape index (κ2) is 26.6. The van der Waals surface area contributed by atoms with Crippen molar-refractivity contribution >= 4 is 65.1 Å². The number of halogens is 3. The molecule has 13 heteroatoms. The summed E-state index contributed by atoms with van der Waals surface area (Å²) in [5.41, 5.74) is 3.20. The van der Waals surface area contributed by atoms with Gasteiger partial charge in [-0.1, -0.05) is 135 Å². The zero-order valence-electron chi connectivity index (χ0n) is 32.0. The van der Waals surface area contributed by atoms with E-state index in [0.29, 0.717) is 13.2 Å². The van der Waals surface area contributed by atoms with Gasteiger partial charge in [-0.2, -0.15) is 20.5 Å². The summed E-state index contributed by atoms with van der Waals surface area (Å²) in [6.07, 6.45) is 14.0. The Morgan fingerprint density at radius 3 is 1.00 bits per heavy atom. The van der Waals surface area contributed by atoms with E-state index in [4.69, 9.17) is 53.3 Å². The summed E-state index contributed by atoms with van der Waals surface area (Å²) < 4.78 is 34.0. The Morgan fingerprint density at radius 2 is 0.679 bits per heavy atom. The lowest BCUT2D eigenvalue weighted by Gasteiger charge is -2.24. The average molecular weight is 844 g/mol. The van der Waals surface area contributed by atoms with Crippen molar-refractivity contribution in [2.24, 2.45) is 20.5 Å². The maximum Gasteiger partial charge on any atom is 0.381 e. The van der Waals surface area contributed by atoms with E-state index in [1.165, 1.54) is 0 Å². The first-order valence-electron chi connectivity index (χ1n) is 19.7. The number of azo groups is 2. The molecule has 302 valence electrons. The number of ether oxygens (including phenoxy) is 2. The summed E-state index contributed by atoms with van der Waals surface area (Å²) in [4.78, 5) is 0. The first kappa shape index (κ1) is 45.4. The van der Waals surface area contributed by atoms with Crippen molar-refractivity contribution in [3.63, 3.8) is 0 Å². The van der Waals surface area contributed by atoms with Crippen molar-refractivity contribution in [1.82, 2.24) is 0 Å². The molecule has 0 heterocycles. The second-order valence-electron chi connectivity index (χ2n) is 13.3. The quantitative estimate of drug-likeness (QED) is 0.0245. The van der Waals surface area contributed by atoms with Crippen LogP contribution in [-0.4, -0.2) is 30.0 Å². The van der Waals surface area contributed by atoms with E-state index in [2.05, 4.69) is 20.5 Å². The fourth-order valence-corrected chi connectivity index (χ4v) is 7.53. The predicted octanol–water partition coefficient (Wildman–Crippen LogP) is 16.0. The van der Waals surface area contributed by atoms with Gasteiger partial charge in [-0.15, -0.1) is 0 Å². The Hall–Kier alpha value is -3.30. The van der Waals surface area contributed by atoms with E-state index in [9.17, 15) is 4.57 Å². The summed E-state index contributed by atoms with van der Waals surface area (Å²) in [5, 5.41) is 17.0. The number of benzene rings is 4. The van der Waals surface area contributed by atoms with Crippen LogP contribution in [0.4, 0.5) is 22.7 Å². The summed E-state index contributed by atoms with van der Waals surface area (Å²) in [6.45, 7) is 1.79. The maximum atomic E-state index is 13.2. The van der Waals surface area contributed by atoms with Crippen LogP contribution >= 0.6 is 42.4 Å². The van der Waals surface area contributed by atoms with Crippen molar-refractivity contribution < 1.29 is 23.1 Å². The van der Waals surface area contributed by atoms with Gasteiger partial charge in [-0.3, -0.25) is 4.57 Å². The number of nitrogens with zero attached hydrogens (tertiary/aromatic N) is 4. The molecule has 4 aromatic rings. The van der Waals surface area contributed by atoms with Gasteiger partial charge in [0, 0.05) is 0 Å². The molecule has 9 nitrogen and oxygen atoms in total. The lowest BCUT2D eigenvalue weighted by atomic mass is 10.1. The summed E-state index contributed by atoms with van der Waals surface area (Å²) in [6, 6.07) is 34.6. The van der Waals surface area contributed by atoms with Gasteiger partial charge >= 0.3 is 7.60 Å². The Labute approximate surface area is 347 Å². The number of hydrogen-bond donors (Lipinski definition) is 0. The SMILES string of the molecule is O=P(OCCCCCCCCCOc1ccc(N=Nc2ccccc2)cc1)(OCCCCCCCCCOc1ccc(N=Nc2ccccc2)cc1)C(Cl)(Cl)Cl. The lowest BCUT2D eigenvalue weighted by Crippen LogP contribution is -2.12. The minimum Gasteiger partial charge on any atom is -0.494 e. The molecule has 0 unspecified atom stereocenters. The highest BCUT2D eigenvalue weighted by atomic mass is 35.6. The molecule has 0 saturated heterocycles. The van der Waals surface area contributed by atoms with Gasteiger partial charge in [0.05, 0.1) is 49.2 Å². The van der Waals surface area contributed by atoms with Gasteiger partial charge < -0.3 is 18.5 Å². The first-order chi connectivity index (χ1) is 27.3. The Morgan fingerprint density at radius 1 is 0.393 bits per heavy atom. The van der Waals surface area contributed by atoms with Crippen LogP contribution in [-0.2, 0) is 13.6 Å². The van der Waals surface area contributed by atoms with E-state index >= 15 is 0 Å². The molecule has 0 spiro atoms. The largest absolute Gasteiger partial charge is 0.494 e. The molecule has 0 bridgehead atoms. The van der Waals surface area contributed by atoms with Gasteiger partial charge in [-0.25, -0.2) is 0 Å². The Balaban J connectivity index is 0.937. The van der Waals surface area contributed by atoms with E-state index in [0.717, 1.165) is 124 Å². The van der Waals surface area contributed by atoms with Crippen LogP contribution in [0.3, 0.4) is 0 Å². The third-order valence-corrected chi connectivity index (χ3v) is 12.2. The minimum atomic E-state index is -3.89. The van der Waals surface area contributed by atoms with Crippen molar-refractivity contribution in [2.45, 2.75) is 93.4 Å². The second-order valence-corrected chi connectivity index (χ2v) is 18.6.